The zero-order chi connectivity index (χ0) is 11.0. The molecule has 1 aliphatic carbocycles. The topological polar surface area (TPSA) is 65.6 Å². The molecule has 1 N–H and O–H groups in total. The molecule has 0 saturated heterocycles. The standard InChI is InChI=1S/C12H11N3O/c13-7-9-11(8-3-1-4-8)14-15-12(9)10-5-2-6-16-10/h2,5-6,8H,1,3-4H2,(H,14,15). The van der Waals surface area contributed by atoms with Crippen LogP contribution in [0.25, 0.3) is 11.5 Å². The monoisotopic (exact) mass is 213 g/mol. The minimum absolute atomic E-state index is 0.478. The summed E-state index contributed by atoms with van der Waals surface area (Å²) in [5, 5.41) is 16.4. The van der Waals surface area contributed by atoms with Crippen LogP contribution in [0.2, 0.25) is 0 Å². The van der Waals surface area contributed by atoms with Gasteiger partial charge >= 0.3 is 0 Å². The zero-order valence-electron chi connectivity index (χ0n) is 8.73. The Hall–Kier alpha value is -2.02. The molecule has 16 heavy (non-hydrogen) atoms. The number of nitrogens with zero attached hydrogens (tertiary/aromatic N) is 2. The molecule has 0 radical (unpaired) electrons. The summed E-state index contributed by atoms with van der Waals surface area (Å²) in [7, 11) is 0. The van der Waals surface area contributed by atoms with Gasteiger partial charge < -0.3 is 4.42 Å². The number of hydrogen-bond donors (Lipinski definition) is 1. The van der Waals surface area contributed by atoms with E-state index in [4.69, 9.17) is 4.42 Å². The Kier molecular flexibility index (Phi) is 2.03. The first kappa shape index (κ1) is 9.22. The number of rotatable bonds is 2. The molecule has 2 heterocycles. The molecular formula is C12H11N3O. The number of nitrogens with one attached hydrogen (secondary N) is 1. The zero-order valence-corrected chi connectivity index (χ0v) is 8.73. The third-order valence-electron chi connectivity index (χ3n) is 3.17. The summed E-state index contributed by atoms with van der Waals surface area (Å²) in [6.45, 7) is 0. The quantitative estimate of drug-likeness (QED) is 0.834. The Labute approximate surface area is 92.9 Å². The fourth-order valence-corrected chi connectivity index (χ4v) is 2.05. The van der Waals surface area contributed by atoms with Crippen molar-refractivity contribution in [1.29, 1.82) is 5.26 Å². The number of aromatic amines is 1. The van der Waals surface area contributed by atoms with Gasteiger partial charge in [0.15, 0.2) is 5.76 Å². The third kappa shape index (κ3) is 1.25. The lowest BCUT2D eigenvalue weighted by atomic mass is 9.81. The highest BCUT2D eigenvalue weighted by atomic mass is 16.3. The SMILES string of the molecule is N#Cc1c(-c2ccco2)n[nH]c1C1CCC1. The first-order valence-electron chi connectivity index (χ1n) is 5.42. The van der Waals surface area contributed by atoms with E-state index in [-0.39, 0.29) is 0 Å². The van der Waals surface area contributed by atoms with Crippen LogP contribution >= 0.6 is 0 Å². The lowest BCUT2D eigenvalue weighted by molar-refractivity contribution is 0.410. The smallest absolute Gasteiger partial charge is 0.155 e. The van der Waals surface area contributed by atoms with Gasteiger partial charge in [-0.05, 0) is 25.0 Å². The highest BCUT2D eigenvalue weighted by Gasteiger charge is 2.27. The summed E-state index contributed by atoms with van der Waals surface area (Å²) >= 11 is 0. The molecule has 0 spiro atoms. The molecule has 0 aliphatic heterocycles. The van der Waals surface area contributed by atoms with Crippen molar-refractivity contribution < 1.29 is 4.42 Å². The van der Waals surface area contributed by atoms with Crippen LogP contribution in [-0.4, -0.2) is 10.2 Å². The Morgan fingerprint density at radius 1 is 1.50 bits per heavy atom. The number of hydrogen-bond acceptors (Lipinski definition) is 3. The van der Waals surface area contributed by atoms with Crippen LogP contribution in [0.5, 0.6) is 0 Å². The summed E-state index contributed by atoms with van der Waals surface area (Å²) in [6.07, 6.45) is 5.13. The Morgan fingerprint density at radius 2 is 2.38 bits per heavy atom. The second kappa shape index (κ2) is 3.53. The number of aromatic nitrogens is 2. The van der Waals surface area contributed by atoms with Crippen LogP contribution in [0.15, 0.2) is 22.8 Å². The summed E-state index contributed by atoms with van der Waals surface area (Å²) < 4.78 is 5.27. The predicted molar refractivity (Wildman–Crippen MR) is 57.6 cm³/mol. The van der Waals surface area contributed by atoms with E-state index in [9.17, 15) is 5.26 Å². The van der Waals surface area contributed by atoms with Crippen molar-refractivity contribution in [3.8, 4) is 17.5 Å². The van der Waals surface area contributed by atoms with Crippen LogP contribution < -0.4 is 0 Å². The van der Waals surface area contributed by atoms with Crippen LogP contribution in [0.4, 0.5) is 0 Å². The van der Waals surface area contributed by atoms with Crippen molar-refractivity contribution in [3.63, 3.8) is 0 Å². The van der Waals surface area contributed by atoms with Gasteiger partial charge in [0.1, 0.15) is 17.3 Å². The van der Waals surface area contributed by atoms with Gasteiger partial charge in [-0.1, -0.05) is 6.42 Å². The molecule has 3 rings (SSSR count). The van der Waals surface area contributed by atoms with Crippen LogP contribution in [0.1, 0.15) is 36.4 Å². The van der Waals surface area contributed by atoms with Crippen LogP contribution in [-0.2, 0) is 0 Å². The van der Waals surface area contributed by atoms with E-state index in [2.05, 4.69) is 16.3 Å². The van der Waals surface area contributed by atoms with Gasteiger partial charge in [0.2, 0.25) is 0 Å². The Balaban J connectivity index is 2.07. The average molecular weight is 213 g/mol. The van der Waals surface area contributed by atoms with E-state index < -0.39 is 0 Å². The second-order valence-electron chi connectivity index (χ2n) is 4.08. The summed E-state index contributed by atoms with van der Waals surface area (Å²) in [4.78, 5) is 0. The first-order chi connectivity index (χ1) is 7.90. The van der Waals surface area contributed by atoms with Crippen molar-refractivity contribution in [2.45, 2.75) is 25.2 Å². The average Bonchev–Trinajstić information content (AvgIpc) is 2.81. The van der Waals surface area contributed by atoms with Crippen molar-refractivity contribution in [2.24, 2.45) is 0 Å². The third-order valence-corrected chi connectivity index (χ3v) is 3.17. The molecule has 1 saturated carbocycles. The van der Waals surface area contributed by atoms with Crippen molar-refractivity contribution in [3.05, 3.63) is 29.7 Å². The molecule has 0 bridgehead atoms. The number of furan rings is 1. The summed E-state index contributed by atoms with van der Waals surface area (Å²) in [5.41, 5.74) is 2.24. The molecule has 2 aromatic rings. The van der Waals surface area contributed by atoms with E-state index >= 15 is 0 Å². The molecule has 0 aromatic carbocycles. The lowest BCUT2D eigenvalue weighted by Crippen LogP contribution is -2.10. The number of H-pyrrole nitrogens is 1. The molecule has 1 aliphatic rings. The molecule has 4 nitrogen and oxygen atoms in total. The van der Waals surface area contributed by atoms with Gasteiger partial charge in [0.05, 0.1) is 12.0 Å². The minimum Gasteiger partial charge on any atom is -0.463 e. The Morgan fingerprint density at radius 3 is 2.94 bits per heavy atom. The highest BCUT2D eigenvalue weighted by Crippen LogP contribution is 2.38. The molecule has 0 unspecified atom stereocenters. The van der Waals surface area contributed by atoms with Crippen LogP contribution in [0, 0.1) is 11.3 Å². The Bertz CT molecular complexity index is 529. The van der Waals surface area contributed by atoms with Gasteiger partial charge in [-0.2, -0.15) is 10.4 Å². The van der Waals surface area contributed by atoms with Crippen molar-refractivity contribution in [2.75, 3.05) is 0 Å². The predicted octanol–water partition coefficient (Wildman–Crippen LogP) is 2.81. The molecule has 2 aromatic heterocycles. The largest absolute Gasteiger partial charge is 0.463 e. The first-order valence-corrected chi connectivity index (χ1v) is 5.42. The van der Waals surface area contributed by atoms with Crippen molar-refractivity contribution >= 4 is 0 Å². The molecule has 1 fully saturated rings. The van der Waals surface area contributed by atoms with E-state index in [1.807, 2.05) is 6.07 Å². The lowest BCUT2D eigenvalue weighted by Gasteiger charge is -2.23. The van der Waals surface area contributed by atoms with Gasteiger partial charge in [0, 0.05) is 5.92 Å². The number of nitriles is 1. The van der Waals surface area contributed by atoms with Crippen LogP contribution in [0.3, 0.4) is 0 Å². The fraction of sp³-hybridized carbons (Fsp3) is 0.333. The van der Waals surface area contributed by atoms with Gasteiger partial charge in [0.25, 0.3) is 0 Å². The molecule has 0 atom stereocenters. The van der Waals surface area contributed by atoms with Gasteiger partial charge in [-0.15, -0.1) is 0 Å². The van der Waals surface area contributed by atoms with E-state index in [0.29, 0.717) is 22.9 Å². The van der Waals surface area contributed by atoms with Gasteiger partial charge in [-0.3, -0.25) is 5.10 Å². The summed E-state index contributed by atoms with van der Waals surface area (Å²) in [5.74, 6) is 1.13. The van der Waals surface area contributed by atoms with E-state index in [0.717, 1.165) is 18.5 Å². The molecule has 0 amide bonds. The van der Waals surface area contributed by atoms with Gasteiger partial charge in [-0.25, -0.2) is 0 Å². The van der Waals surface area contributed by atoms with E-state index in [1.54, 1.807) is 12.3 Å². The van der Waals surface area contributed by atoms with Crippen molar-refractivity contribution in [1.82, 2.24) is 10.2 Å². The second-order valence-corrected chi connectivity index (χ2v) is 4.08. The molecule has 4 heteroatoms. The maximum Gasteiger partial charge on any atom is 0.155 e. The molecular weight excluding hydrogens is 202 g/mol. The normalized spacial score (nSPS) is 15.7. The maximum absolute atomic E-state index is 9.20. The maximum atomic E-state index is 9.20. The summed E-state index contributed by atoms with van der Waals surface area (Å²) in [6, 6.07) is 5.85. The van der Waals surface area contributed by atoms with E-state index in [1.165, 1.54) is 6.42 Å². The minimum atomic E-state index is 0.478. The highest BCUT2D eigenvalue weighted by molar-refractivity contribution is 5.63. The molecule has 80 valence electrons. The fourth-order valence-electron chi connectivity index (χ4n) is 2.05.